The topological polar surface area (TPSA) is 200 Å². The number of fused-ring (bicyclic) bond motifs is 5. The number of alkyl carbamates (subject to hydrolysis) is 2. The first-order valence-corrected chi connectivity index (χ1v) is 24.6. The summed E-state index contributed by atoms with van der Waals surface area (Å²) < 4.78 is 29.6. The minimum absolute atomic E-state index is 0.0285. The lowest BCUT2D eigenvalue weighted by Gasteiger charge is -2.27. The maximum Gasteiger partial charge on any atom is 0.408 e. The van der Waals surface area contributed by atoms with E-state index in [1.807, 2.05) is 115 Å². The Morgan fingerprint density at radius 3 is 1.63 bits per heavy atom. The highest BCUT2D eigenvalue weighted by Gasteiger charge is 2.33. The number of rotatable bonds is 18. The summed E-state index contributed by atoms with van der Waals surface area (Å²) in [6.07, 6.45) is -3.89. The Morgan fingerprint density at radius 1 is 0.533 bits per heavy atom. The fourth-order valence-electron chi connectivity index (χ4n) is 8.27. The monoisotopic (exact) mass is 1010 g/mol. The van der Waals surface area contributed by atoms with Gasteiger partial charge in [0.2, 0.25) is 11.8 Å². The summed E-state index contributed by atoms with van der Waals surface area (Å²) in [6, 6.07) is 53.0. The zero-order valence-corrected chi connectivity index (χ0v) is 41.1. The molecule has 4 amide bonds. The van der Waals surface area contributed by atoms with Crippen molar-refractivity contribution in [1.29, 1.82) is 0 Å². The van der Waals surface area contributed by atoms with Gasteiger partial charge in [-0.3, -0.25) is 9.59 Å². The normalized spacial score (nSPS) is 15.8. The molecular weight excluding hydrogens is 953 g/mol. The van der Waals surface area contributed by atoms with Crippen LogP contribution in [-0.4, -0.2) is 65.9 Å². The molecule has 4 bridgehead atoms. The summed E-state index contributed by atoms with van der Waals surface area (Å²) in [6.45, 7) is -0.203. The molecular formula is C60H58N4O11. The smallest absolute Gasteiger partial charge is 0.408 e. The van der Waals surface area contributed by atoms with Crippen LogP contribution in [0.5, 0.6) is 11.5 Å². The zero-order chi connectivity index (χ0) is 52.2. The van der Waals surface area contributed by atoms with Crippen LogP contribution < -0.4 is 30.7 Å². The van der Waals surface area contributed by atoms with Crippen molar-refractivity contribution < 1.29 is 52.8 Å². The lowest BCUT2D eigenvalue weighted by atomic mass is 9.95. The maximum absolute atomic E-state index is 14.8. The van der Waals surface area contributed by atoms with E-state index < -0.39 is 60.6 Å². The molecule has 1 heterocycles. The number of nitrogens with one attached hydrogen (secondary N) is 4. The van der Waals surface area contributed by atoms with Gasteiger partial charge in [-0.05, 0) is 74.3 Å². The number of carbonyl (C=O) groups is 5. The van der Waals surface area contributed by atoms with Crippen molar-refractivity contribution in [3.8, 4) is 22.6 Å². The number of aliphatic hydroxyl groups is 1. The Labute approximate surface area is 435 Å². The molecule has 1 aliphatic rings. The van der Waals surface area contributed by atoms with Crippen LogP contribution in [0, 0.1) is 0 Å². The quantitative estimate of drug-likeness (QED) is 0.0409. The van der Waals surface area contributed by atoms with E-state index in [4.69, 9.17) is 23.7 Å². The Morgan fingerprint density at radius 2 is 1.05 bits per heavy atom. The van der Waals surface area contributed by atoms with E-state index in [-0.39, 0.29) is 52.4 Å². The van der Waals surface area contributed by atoms with Gasteiger partial charge in [0.1, 0.15) is 62.7 Å². The van der Waals surface area contributed by atoms with E-state index in [2.05, 4.69) is 21.3 Å². The number of ether oxygens (including phenoxy) is 5. The minimum Gasteiger partial charge on any atom is -0.489 e. The van der Waals surface area contributed by atoms with E-state index in [0.717, 1.165) is 16.7 Å². The van der Waals surface area contributed by atoms with Crippen molar-refractivity contribution in [3.05, 3.63) is 227 Å². The number of benzene rings is 7. The molecule has 0 saturated carbocycles. The molecule has 7 aromatic rings. The Balaban J connectivity index is 1.16. The van der Waals surface area contributed by atoms with Gasteiger partial charge in [-0.2, -0.15) is 0 Å². The molecule has 0 radical (unpaired) electrons. The van der Waals surface area contributed by atoms with E-state index >= 15 is 0 Å². The number of hydrogen-bond donors (Lipinski definition) is 5. The van der Waals surface area contributed by atoms with Crippen LogP contribution in [0.3, 0.4) is 0 Å². The summed E-state index contributed by atoms with van der Waals surface area (Å²) in [5.41, 5.74) is 6.45. The predicted octanol–water partition coefficient (Wildman–Crippen LogP) is 8.30. The Kier molecular flexibility index (Phi) is 18.6. The van der Waals surface area contributed by atoms with Crippen molar-refractivity contribution in [2.75, 3.05) is 6.54 Å². The molecule has 0 spiro atoms. The molecule has 1 aliphatic heterocycles. The molecule has 384 valence electrons. The fraction of sp³-hybridized carbons (Fsp3) is 0.217. The highest BCUT2D eigenvalue weighted by Crippen LogP contribution is 2.33. The molecule has 0 unspecified atom stereocenters. The fourth-order valence-corrected chi connectivity index (χ4v) is 8.27. The molecule has 7 aromatic carbocycles. The van der Waals surface area contributed by atoms with Crippen molar-refractivity contribution in [1.82, 2.24) is 21.3 Å². The second kappa shape index (κ2) is 26.7. The number of amides is 4. The molecule has 0 fully saturated rings. The summed E-state index contributed by atoms with van der Waals surface area (Å²) in [4.78, 5) is 70.4. The highest BCUT2D eigenvalue weighted by atomic mass is 16.6. The second-order valence-electron chi connectivity index (χ2n) is 18.0. The lowest BCUT2D eigenvalue weighted by molar-refractivity contribution is -0.149. The van der Waals surface area contributed by atoms with E-state index in [0.29, 0.717) is 44.9 Å². The summed E-state index contributed by atoms with van der Waals surface area (Å²) in [7, 11) is 0. The largest absolute Gasteiger partial charge is 0.489 e. The number of carbonyl (C=O) groups excluding carboxylic acids is 5. The van der Waals surface area contributed by atoms with Gasteiger partial charge in [0, 0.05) is 25.8 Å². The number of hydrogen-bond acceptors (Lipinski definition) is 11. The van der Waals surface area contributed by atoms with Crippen LogP contribution in [0.15, 0.2) is 188 Å². The molecule has 0 saturated heterocycles. The third-order valence-corrected chi connectivity index (χ3v) is 12.2. The van der Waals surface area contributed by atoms with Crippen molar-refractivity contribution in [2.24, 2.45) is 0 Å². The zero-order valence-electron chi connectivity index (χ0n) is 41.1. The standard InChI is InChI=1S/C60H58N4O11/c65-50(35-61-59(69)74-39-44-22-12-4-13-23-44)34-53-57(67)63-54(58(68)73-38-43-20-10-3-11-21-43)30-46-28-48(32-51(29-46)71-36-41-16-6-1-7-17-41)47-26-27-55(72-37-42-18-8-2-9-19-42)49(31-47)33-52(56(66)62-53)64-60(70)75-40-45-24-14-5-15-25-45/h1-29,31-32,50,52-54,65H,30,33-40H2,(H,61,69)(H,62,66)(H,63,67)(H,64,70)/t50-,52+,53+,54+/m1/s1. The Bertz CT molecular complexity index is 2980. The maximum atomic E-state index is 14.8. The molecule has 5 N–H and O–H groups in total. The number of aliphatic hydroxyl groups excluding tert-OH is 1. The van der Waals surface area contributed by atoms with Gasteiger partial charge in [-0.1, -0.05) is 164 Å². The first-order valence-electron chi connectivity index (χ1n) is 24.6. The van der Waals surface area contributed by atoms with Crippen molar-refractivity contribution in [2.45, 2.75) is 76.5 Å². The van der Waals surface area contributed by atoms with Crippen molar-refractivity contribution >= 4 is 30.0 Å². The van der Waals surface area contributed by atoms with Gasteiger partial charge in [-0.25, -0.2) is 14.4 Å². The van der Waals surface area contributed by atoms with Crippen molar-refractivity contribution in [3.63, 3.8) is 0 Å². The summed E-state index contributed by atoms with van der Waals surface area (Å²) >= 11 is 0. The third kappa shape index (κ3) is 16.3. The summed E-state index contributed by atoms with van der Waals surface area (Å²) in [5.74, 6) is -1.58. The van der Waals surface area contributed by atoms with Crippen LogP contribution in [0.4, 0.5) is 9.59 Å². The molecule has 75 heavy (non-hydrogen) atoms. The van der Waals surface area contributed by atoms with Crippen LogP contribution in [0.2, 0.25) is 0 Å². The van der Waals surface area contributed by atoms with Gasteiger partial charge in [0.25, 0.3) is 0 Å². The highest BCUT2D eigenvalue weighted by molar-refractivity contribution is 5.93. The van der Waals surface area contributed by atoms with Crippen LogP contribution in [-0.2, 0) is 74.5 Å². The van der Waals surface area contributed by atoms with Gasteiger partial charge in [0.05, 0.1) is 6.10 Å². The van der Waals surface area contributed by atoms with Gasteiger partial charge < -0.3 is 50.1 Å². The lowest BCUT2D eigenvalue weighted by Crippen LogP contribution is -2.57. The molecule has 4 atom stereocenters. The molecule has 0 aliphatic carbocycles. The second-order valence-corrected chi connectivity index (χ2v) is 18.0. The van der Waals surface area contributed by atoms with Gasteiger partial charge >= 0.3 is 18.2 Å². The average molecular weight is 1010 g/mol. The average Bonchev–Trinajstić information content (AvgIpc) is 3.44. The molecule has 15 heteroatoms. The van der Waals surface area contributed by atoms with Gasteiger partial charge in [-0.15, -0.1) is 0 Å². The predicted molar refractivity (Wildman–Crippen MR) is 280 cm³/mol. The molecule has 0 aromatic heterocycles. The van der Waals surface area contributed by atoms with Crippen LogP contribution in [0.25, 0.3) is 11.1 Å². The van der Waals surface area contributed by atoms with E-state index in [1.165, 1.54) is 0 Å². The van der Waals surface area contributed by atoms with E-state index in [9.17, 15) is 29.1 Å². The number of esters is 1. The van der Waals surface area contributed by atoms with Crippen LogP contribution in [0.1, 0.15) is 45.4 Å². The van der Waals surface area contributed by atoms with Gasteiger partial charge in [0.15, 0.2) is 0 Å². The van der Waals surface area contributed by atoms with E-state index in [1.54, 1.807) is 72.8 Å². The first-order chi connectivity index (χ1) is 36.6. The third-order valence-electron chi connectivity index (χ3n) is 12.2. The Hall–Kier alpha value is -8.95. The minimum atomic E-state index is -1.55. The van der Waals surface area contributed by atoms with Crippen LogP contribution >= 0.6 is 0 Å². The first kappa shape index (κ1) is 52.4. The summed E-state index contributed by atoms with van der Waals surface area (Å²) in [5, 5.41) is 22.2. The molecule has 8 rings (SSSR count). The SMILES string of the molecule is O=C(NC[C@H](O)C[C@@H]1NC(=O)[C@@H](NC(=O)OCc2ccccc2)Cc2cc(ccc2OCc2ccccc2)-c2cc(cc(OCc3ccccc3)c2)C[C@@H](C(=O)OCc2ccccc2)NC1=O)OCc1ccccc1. The molecule has 15 nitrogen and oxygen atoms in total.